The molecule has 1 rings (SSSR count). The number of Topliss-reactive ketones (excluding diaryl/α,β-unsaturated/α-hetero) is 1. The SMILES string of the molecule is CC(=O)c1c(Cl)nc(N)nc1C(C)O[Si](C)(C)C(C)(C)C. The maximum absolute atomic E-state index is 11.8. The van der Waals surface area contributed by atoms with Crippen LogP contribution in [0.4, 0.5) is 5.95 Å². The Bertz CT molecular complexity index is 556. The zero-order chi connectivity index (χ0) is 16.6. The lowest BCUT2D eigenvalue weighted by Crippen LogP contribution is -2.41. The van der Waals surface area contributed by atoms with Crippen LogP contribution in [-0.2, 0) is 4.43 Å². The molecule has 1 unspecified atom stereocenters. The first-order valence-electron chi connectivity index (χ1n) is 6.88. The third-order valence-electron chi connectivity index (χ3n) is 3.92. The van der Waals surface area contributed by atoms with Crippen molar-refractivity contribution in [3.8, 4) is 0 Å². The highest BCUT2D eigenvalue weighted by atomic mass is 35.5. The van der Waals surface area contributed by atoms with Crippen LogP contribution in [0, 0.1) is 0 Å². The molecule has 2 N–H and O–H groups in total. The number of hydrogen-bond donors (Lipinski definition) is 1. The lowest BCUT2D eigenvalue weighted by Gasteiger charge is -2.38. The van der Waals surface area contributed by atoms with Crippen molar-refractivity contribution in [3.05, 3.63) is 16.4 Å². The Hall–Kier alpha value is -0.983. The van der Waals surface area contributed by atoms with Crippen molar-refractivity contribution in [1.82, 2.24) is 9.97 Å². The predicted molar refractivity (Wildman–Crippen MR) is 88.2 cm³/mol. The topological polar surface area (TPSA) is 78.1 Å². The highest BCUT2D eigenvalue weighted by molar-refractivity contribution is 6.74. The van der Waals surface area contributed by atoms with Crippen LogP contribution in [0.5, 0.6) is 0 Å². The summed E-state index contributed by atoms with van der Waals surface area (Å²) in [5.41, 5.74) is 6.41. The summed E-state index contributed by atoms with van der Waals surface area (Å²) in [6.07, 6.45) is -0.368. The van der Waals surface area contributed by atoms with Gasteiger partial charge in [0.05, 0.1) is 17.4 Å². The van der Waals surface area contributed by atoms with E-state index in [2.05, 4.69) is 43.8 Å². The summed E-state index contributed by atoms with van der Waals surface area (Å²) >= 11 is 6.04. The minimum Gasteiger partial charge on any atom is -0.409 e. The number of ketones is 1. The van der Waals surface area contributed by atoms with E-state index in [9.17, 15) is 4.79 Å². The van der Waals surface area contributed by atoms with Crippen molar-refractivity contribution < 1.29 is 9.22 Å². The Labute approximate surface area is 132 Å². The molecule has 1 heterocycles. The second-order valence-corrected chi connectivity index (χ2v) is 11.8. The monoisotopic (exact) mass is 329 g/mol. The maximum Gasteiger partial charge on any atom is 0.221 e. The van der Waals surface area contributed by atoms with Gasteiger partial charge in [0, 0.05) is 0 Å². The first-order valence-corrected chi connectivity index (χ1v) is 10.2. The van der Waals surface area contributed by atoms with Gasteiger partial charge in [0.25, 0.3) is 0 Å². The van der Waals surface area contributed by atoms with E-state index in [-0.39, 0.29) is 33.6 Å². The van der Waals surface area contributed by atoms with Crippen LogP contribution in [0.15, 0.2) is 0 Å². The number of nitrogens with zero attached hydrogens (tertiary/aromatic N) is 2. The van der Waals surface area contributed by atoms with Crippen LogP contribution in [-0.4, -0.2) is 24.1 Å². The number of carbonyl (C=O) groups is 1. The van der Waals surface area contributed by atoms with Gasteiger partial charge in [0.2, 0.25) is 5.95 Å². The van der Waals surface area contributed by atoms with E-state index in [0.29, 0.717) is 5.69 Å². The van der Waals surface area contributed by atoms with Gasteiger partial charge >= 0.3 is 0 Å². The van der Waals surface area contributed by atoms with Gasteiger partial charge in [-0.05, 0) is 32.0 Å². The van der Waals surface area contributed by atoms with Gasteiger partial charge < -0.3 is 10.2 Å². The fourth-order valence-corrected chi connectivity index (χ4v) is 3.43. The molecule has 0 aliphatic heterocycles. The second kappa shape index (κ2) is 6.02. The molecule has 21 heavy (non-hydrogen) atoms. The Morgan fingerprint density at radius 2 is 1.86 bits per heavy atom. The zero-order valence-corrected chi connectivity index (χ0v) is 15.5. The number of hydrogen-bond acceptors (Lipinski definition) is 5. The summed E-state index contributed by atoms with van der Waals surface area (Å²) in [6.45, 7) is 14.0. The molecule has 0 aliphatic rings. The number of rotatable bonds is 4. The third-order valence-corrected chi connectivity index (χ3v) is 8.75. The molecule has 0 amide bonds. The van der Waals surface area contributed by atoms with E-state index in [1.807, 2.05) is 6.92 Å². The van der Waals surface area contributed by atoms with E-state index in [1.54, 1.807) is 0 Å². The van der Waals surface area contributed by atoms with E-state index >= 15 is 0 Å². The summed E-state index contributed by atoms with van der Waals surface area (Å²) in [7, 11) is -2.00. The molecule has 0 saturated carbocycles. The Kier molecular flexibility index (Phi) is 5.18. The number of carbonyl (C=O) groups excluding carboxylic acids is 1. The summed E-state index contributed by atoms with van der Waals surface area (Å²) < 4.78 is 6.27. The molecule has 5 nitrogen and oxygen atoms in total. The number of aromatic nitrogens is 2. The van der Waals surface area contributed by atoms with Gasteiger partial charge in [-0.1, -0.05) is 32.4 Å². The standard InChI is InChI=1S/C14H24ClN3O2Si/c1-8(19)10-11(17-13(16)18-12(10)15)9(2)20-21(6,7)14(3,4)5/h9H,1-7H3,(H2,16,17,18). The van der Waals surface area contributed by atoms with Gasteiger partial charge in [-0.25, -0.2) is 9.97 Å². The fourth-order valence-electron chi connectivity index (χ4n) is 1.76. The van der Waals surface area contributed by atoms with Crippen LogP contribution in [0.25, 0.3) is 0 Å². The molecule has 1 atom stereocenters. The second-order valence-electron chi connectivity index (χ2n) is 6.71. The molecule has 7 heteroatoms. The third kappa shape index (κ3) is 4.02. The van der Waals surface area contributed by atoms with Gasteiger partial charge in [0.1, 0.15) is 5.15 Å². The van der Waals surface area contributed by atoms with Crippen molar-refractivity contribution in [2.75, 3.05) is 5.73 Å². The maximum atomic E-state index is 11.8. The van der Waals surface area contributed by atoms with Crippen LogP contribution >= 0.6 is 11.6 Å². The largest absolute Gasteiger partial charge is 0.409 e. The average Bonchev–Trinajstić information content (AvgIpc) is 2.24. The van der Waals surface area contributed by atoms with E-state index in [1.165, 1.54) is 6.92 Å². The molecule has 0 bridgehead atoms. The highest BCUT2D eigenvalue weighted by Crippen LogP contribution is 2.40. The molecule has 0 radical (unpaired) electrons. The van der Waals surface area contributed by atoms with Crippen molar-refractivity contribution >= 4 is 31.6 Å². The minimum absolute atomic E-state index is 0.0469. The van der Waals surface area contributed by atoms with Crippen molar-refractivity contribution in [2.24, 2.45) is 0 Å². The fraction of sp³-hybridized carbons (Fsp3) is 0.643. The smallest absolute Gasteiger partial charge is 0.221 e. The van der Waals surface area contributed by atoms with Gasteiger partial charge in [0.15, 0.2) is 14.1 Å². The Morgan fingerprint density at radius 1 is 1.33 bits per heavy atom. The molecule has 1 aromatic rings. The molecule has 0 fully saturated rings. The van der Waals surface area contributed by atoms with Crippen molar-refractivity contribution in [1.29, 1.82) is 0 Å². The molecular weight excluding hydrogens is 306 g/mol. The van der Waals surface area contributed by atoms with Crippen molar-refractivity contribution in [3.63, 3.8) is 0 Å². The molecular formula is C14H24ClN3O2Si. The molecule has 0 aromatic carbocycles. The quantitative estimate of drug-likeness (QED) is 0.513. The van der Waals surface area contributed by atoms with Gasteiger partial charge in [-0.2, -0.15) is 0 Å². The zero-order valence-electron chi connectivity index (χ0n) is 13.7. The average molecular weight is 330 g/mol. The lowest BCUT2D eigenvalue weighted by molar-refractivity contribution is 0.101. The molecule has 0 saturated heterocycles. The lowest BCUT2D eigenvalue weighted by atomic mass is 10.1. The number of nitrogens with two attached hydrogens (primary N) is 1. The van der Waals surface area contributed by atoms with Crippen LogP contribution in [0.1, 0.15) is 56.8 Å². The van der Waals surface area contributed by atoms with E-state index in [4.69, 9.17) is 21.8 Å². The first-order chi connectivity index (χ1) is 9.36. The molecule has 118 valence electrons. The Morgan fingerprint density at radius 3 is 2.29 bits per heavy atom. The highest BCUT2D eigenvalue weighted by Gasteiger charge is 2.39. The number of halogens is 1. The summed E-state index contributed by atoms with van der Waals surface area (Å²) in [4.78, 5) is 19.8. The summed E-state index contributed by atoms with van der Waals surface area (Å²) in [6, 6.07) is 0. The van der Waals surface area contributed by atoms with Gasteiger partial charge in [-0.15, -0.1) is 0 Å². The van der Waals surface area contributed by atoms with E-state index in [0.717, 1.165) is 0 Å². The number of anilines is 1. The summed E-state index contributed by atoms with van der Waals surface area (Å²) in [5, 5.41) is 0.135. The van der Waals surface area contributed by atoms with E-state index < -0.39 is 8.32 Å². The Balaban J connectivity index is 3.25. The molecule has 1 aromatic heterocycles. The molecule has 0 spiro atoms. The number of nitrogen functional groups attached to an aromatic ring is 1. The van der Waals surface area contributed by atoms with Gasteiger partial charge in [-0.3, -0.25) is 4.79 Å². The minimum atomic E-state index is -2.00. The van der Waals surface area contributed by atoms with Crippen LogP contribution in [0.3, 0.4) is 0 Å². The normalized spacial score (nSPS) is 14.1. The summed E-state index contributed by atoms with van der Waals surface area (Å²) in [5.74, 6) is -0.147. The predicted octanol–water partition coefficient (Wildman–Crippen LogP) is 4.00. The first kappa shape index (κ1) is 18.1. The van der Waals surface area contributed by atoms with Crippen molar-refractivity contribution in [2.45, 2.75) is 58.9 Å². The van der Waals surface area contributed by atoms with Crippen LogP contribution in [0.2, 0.25) is 23.3 Å². The van der Waals surface area contributed by atoms with Crippen LogP contribution < -0.4 is 5.73 Å². The molecule has 0 aliphatic carbocycles.